The van der Waals surface area contributed by atoms with Crippen molar-refractivity contribution in [1.29, 1.82) is 0 Å². The van der Waals surface area contributed by atoms with E-state index in [1.165, 1.54) is 6.26 Å². The summed E-state index contributed by atoms with van der Waals surface area (Å²) in [4.78, 5) is 0.281. The predicted molar refractivity (Wildman–Crippen MR) is 59.3 cm³/mol. The molecule has 1 aliphatic rings. The van der Waals surface area contributed by atoms with Crippen LogP contribution in [0.25, 0.3) is 0 Å². The van der Waals surface area contributed by atoms with Gasteiger partial charge in [0.15, 0.2) is 16.1 Å². The molecular weight excluding hydrogens is 228 g/mol. The molecule has 0 saturated heterocycles. The van der Waals surface area contributed by atoms with Gasteiger partial charge < -0.3 is 9.47 Å². The number of hydrogen-bond acceptors (Lipinski definition) is 4. The fourth-order valence-electron chi connectivity index (χ4n) is 1.72. The van der Waals surface area contributed by atoms with E-state index in [0.717, 1.165) is 18.4 Å². The van der Waals surface area contributed by atoms with Crippen molar-refractivity contribution in [2.24, 2.45) is 0 Å². The first-order chi connectivity index (χ1) is 7.50. The average molecular weight is 242 g/mol. The molecule has 1 heterocycles. The Morgan fingerprint density at radius 1 is 1.44 bits per heavy atom. The Bertz CT molecular complexity index is 493. The zero-order valence-electron chi connectivity index (χ0n) is 9.26. The molecule has 0 fully saturated rings. The quantitative estimate of drug-likeness (QED) is 0.786. The Kier molecular flexibility index (Phi) is 2.90. The number of ether oxygens (including phenoxy) is 2. The SMILES string of the molecule is COC1CCc2ccc(S(C)(=O)=O)cc2O1. The van der Waals surface area contributed by atoms with E-state index in [0.29, 0.717) is 5.75 Å². The van der Waals surface area contributed by atoms with Gasteiger partial charge >= 0.3 is 0 Å². The molecule has 0 aromatic heterocycles. The molecule has 5 heteroatoms. The van der Waals surface area contributed by atoms with Crippen molar-refractivity contribution in [2.75, 3.05) is 13.4 Å². The highest BCUT2D eigenvalue weighted by Gasteiger charge is 2.20. The molecule has 0 spiro atoms. The Labute approximate surface area is 95.1 Å². The molecule has 0 saturated carbocycles. The first kappa shape index (κ1) is 11.4. The van der Waals surface area contributed by atoms with Crippen LogP contribution in [0.3, 0.4) is 0 Å². The summed E-state index contributed by atoms with van der Waals surface area (Å²) in [6, 6.07) is 4.98. The minimum atomic E-state index is -3.18. The molecular formula is C11H14O4S. The van der Waals surface area contributed by atoms with Crippen molar-refractivity contribution >= 4 is 9.84 Å². The van der Waals surface area contributed by atoms with Gasteiger partial charge in [-0.05, 0) is 24.1 Å². The molecule has 1 aromatic carbocycles. The van der Waals surface area contributed by atoms with Gasteiger partial charge in [0.25, 0.3) is 0 Å². The van der Waals surface area contributed by atoms with Gasteiger partial charge in [-0.3, -0.25) is 0 Å². The average Bonchev–Trinajstić information content (AvgIpc) is 2.26. The van der Waals surface area contributed by atoms with Gasteiger partial charge in [-0.1, -0.05) is 6.07 Å². The number of benzene rings is 1. The molecule has 1 unspecified atom stereocenters. The van der Waals surface area contributed by atoms with E-state index in [-0.39, 0.29) is 11.2 Å². The van der Waals surface area contributed by atoms with Gasteiger partial charge in [-0.2, -0.15) is 0 Å². The molecule has 2 rings (SSSR count). The summed E-state index contributed by atoms with van der Waals surface area (Å²) in [5.41, 5.74) is 1.03. The third kappa shape index (κ3) is 2.20. The van der Waals surface area contributed by atoms with Crippen molar-refractivity contribution in [3.63, 3.8) is 0 Å². The number of fused-ring (bicyclic) bond motifs is 1. The van der Waals surface area contributed by atoms with Crippen LogP contribution in [0, 0.1) is 0 Å². The third-order valence-electron chi connectivity index (χ3n) is 2.64. The van der Waals surface area contributed by atoms with Gasteiger partial charge in [0.05, 0.1) is 4.90 Å². The monoisotopic (exact) mass is 242 g/mol. The first-order valence-corrected chi connectivity index (χ1v) is 6.92. The van der Waals surface area contributed by atoms with Crippen LogP contribution in [0.2, 0.25) is 0 Å². The maximum atomic E-state index is 11.4. The summed E-state index contributed by atoms with van der Waals surface area (Å²) in [6.07, 6.45) is 2.55. The van der Waals surface area contributed by atoms with Crippen molar-refractivity contribution in [2.45, 2.75) is 24.0 Å². The van der Waals surface area contributed by atoms with Crippen LogP contribution in [-0.2, 0) is 21.0 Å². The van der Waals surface area contributed by atoms with E-state index in [1.54, 1.807) is 25.3 Å². The van der Waals surface area contributed by atoms with Crippen molar-refractivity contribution in [3.8, 4) is 5.75 Å². The molecule has 0 bridgehead atoms. The fraction of sp³-hybridized carbons (Fsp3) is 0.455. The standard InChI is InChI=1S/C11H14O4S/c1-14-11-6-4-8-3-5-9(16(2,12)13)7-10(8)15-11/h3,5,7,11H,4,6H2,1-2H3. The molecule has 1 aromatic rings. The molecule has 4 nitrogen and oxygen atoms in total. The van der Waals surface area contributed by atoms with Crippen LogP contribution in [0.15, 0.2) is 23.1 Å². The van der Waals surface area contributed by atoms with E-state index in [9.17, 15) is 8.42 Å². The van der Waals surface area contributed by atoms with Gasteiger partial charge in [0.1, 0.15) is 5.75 Å². The van der Waals surface area contributed by atoms with Gasteiger partial charge in [-0.15, -0.1) is 0 Å². The van der Waals surface area contributed by atoms with Crippen LogP contribution < -0.4 is 4.74 Å². The Balaban J connectivity index is 2.38. The lowest BCUT2D eigenvalue weighted by molar-refractivity contribution is -0.0655. The Morgan fingerprint density at radius 2 is 2.19 bits per heavy atom. The van der Waals surface area contributed by atoms with Gasteiger partial charge in [-0.25, -0.2) is 8.42 Å². The number of sulfone groups is 1. The normalized spacial score (nSPS) is 20.0. The second-order valence-electron chi connectivity index (χ2n) is 3.86. The van der Waals surface area contributed by atoms with E-state index in [2.05, 4.69) is 0 Å². The largest absolute Gasteiger partial charge is 0.465 e. The number of methoxy groups -OCH3 is 1. The minimum Gasteiger partial charge on any atom is -0.465 e. The zero-order chi connectivity index (χ0) is 11.8. The fourth-order valence-corrected chi connectivity index (χ4v) is 2.36. The lowest BCUT2D eigenvalue weighted by Gasteiger charge is -2.24. The van der Waals surface area contributed by atoms with Crippen molar-refractivity contribution in [1.82, 2.24) is 0 Å². The molecule has 0 radical (unpaired) electrons. The summed E-state index contributed by atoms with van der Waals surface area (Å²) in [7, 11) is -1.60. The summed E-state index contributed by atoms with van der Waals surface area (Å²) < 4.78 is 33.4. The van der Waals surface area contributed by atoms with Crippen LogP contribution in [0.1, 0.15) is 12.0 Å². The van der Waals surface area contributed by atoms with Crippen LogP contribution in [0.5, 0.6) is 5.75 Å². The molecule has 0 N–H and O–H groups in total. The Morgan fingerprint density at radius 3 is 2.81 bits per heavy atom. The number of aryl methyl sites for hydroxylation is 1. The smallest absolute Gasteiger partial charge is 0.199 e. The lowest BCUT2D eigenvalue weighted by Crippen LogP contribution is -2.24. The molecule has 1 aliphatic heterocycles. The lowest BCUT2D eigenvalue weighted by atomic mass is 10.1. The maximum Gasteiger partial charge on any atom is 0.199 e. The van der Waals surface area contributed by atoms with E-state index in [1.807, 2.05) is 0 Å². The third-order valence-corrected chi connectivity index (χ3v) is 3.75. The summed E-state index contributed by atoms with van der Waals surface area (Å²) in [5, 5.41) is 0. The van der Waals surface area contributed by atoms with Crippen LogP contribution >= 0.6 is 0 Å². The highest BCUT2D eigenvalue weighted by atomic mass is 32.2. The number of rotatable bonds is 2. The van der Waals surface area contributed by atoms with E-state index in [4.69, 9.17) is 9.47 Å². The molecule has 0 aliphatic carbocycles. The molecule has 88 valence electrons. The van der Waals surface area contributed by atoms with Crippen molar-refractivity contribution in [3.05, 3.63) is 23.8 Å². The second kappa shape index (κ2) is 4.07. The molecule has 16 heavy (non-hydrogen) atoms. The van der Waals surface area contributed by atoms with Crippen molar-refractivity contribution < 1.29 is 17.9 Å². The van der Waals surface area contributed by atoms with Gasteiger partial charge in [0.2, 0.25) is 0 Å². The molecule has 0 amide bonds. The van der Waals surface area contributed by atoms with E-state index < -0.39 is 9.84 Å². The topological polar surface area (TPSA) is 52.6 Å². The number of hydrogen-bond donors (Lipinski definition) is 0. The summed E-state index contributed by atoms with van der Waals surface area (Å²) in [5.74, 6) is 0.612. The maximum absolute atomic E-state index is 11.4. The summed E-state index contributed by atoms with van der Waals surface area (Å²) >= 11 is 0. The predicted octanol–water partition coefficient (Wildman–Crippen LogP) is 1.39. The second-order valence-corrected chi connectivity index (χ2v) is 5.88. The minimum absolute atomic E-state index is 0.276. The first-order valence-electron chi connectivity index (χ1n) is 5.03. The van der Waals surface area contributed by atoms with Gasteiger partial charge in [0, 0.05) is 19.8 Å². The Hall–Kier alpha value is -1.07. The van der Waals surface area contributed by atoms with Crippen LogP contribution in [-0.4, -0.2) is 28.1 Å². The highest BCUT2D eigenvalue weighted by Crippen LogP contribution is 2.30. The summed E-state index contributed by atoms with van der Waals surface area (Å²) in [6.45, 7) is 0. The zero-order valence-corrected chi connectivity index (χ0v) is 10.1. The highest BCUT2D eigenvalue weighted by molar-refractivity contribution is 7.90. The molecule has 1 atom stereocenters. The van der Waals surface area contributed by atoms with E-state index >= 15 is 0 Å². The van der Waals surface area contributed by atoms with Crippen LogP contribution in [0.4, 0.5) is 0 Å².